The standard InChI is InChI=1S/C20H19BrFN5S/c1-5-17-19(27(10-12(2)21)13(3)24-17)26(4)20-25-18(11-28-20)16-7-6-15(22)8-14(16)9-23/h6-8,10-11H,5H2,1-4H3/b12-10+. The fourth-order valence-corrected chi connectivity index (χ4v) is 3.98. The second-order valence-corrected chi connectivity index (χ2v) is 8.33. The van der Waals surface area contributed by atoms with Crippen LogP contribution in [0.1, 0.15) is 30.9 Å². The Kier molecular flexibility index (Phi) is 5.96. The first-order valence-corrected chi connectivity index (χ1v) is 10.3. The van der Waals surface area contributed by atoms with Crippen molar-refractivity contribution in [2.45, 2.75) is 27.2 Å². The van der Waals surface area contributed by atoms with Crippen LogP contribution < -0.4 is 4.90 Å². The fraction of sp³-hybridized carbons (Fsp3) is 0.250. The predicted molar refractivity (Wildman–Crippen MR) is 116 cm³/mol. The summed E-state index contributed by atoms with van der Waals surface area (Å²) in [6.07, 6.45) is 2.77. The second kappa shape index (κ2) is 8.25. The molecule has 8 heteroatoms. The summed E-state index contributed by atoms with van der Waals surface area (Å²) in [5, 5.41) is 12.0. The molecule has 0 spiro atoms. The molecule has 0 aliphatic heterocycles. The van der Waals surface area contributed by atoms with E-state index in [-0.39, 0.29) is 5.56 Å². The largest absolute Gasteiger partial charge is 0.305 e. The Hall–Kier alpha value is -2.50. The SMILES string of the molecule is CCc1nc(C)n(/C=C(\C)Br)c1N(C)c1nc(-c2ccc(F)cc2C#N)cs1. The summed E-state index contributed by atoms with van der Waals surface area (Å²) in [7, 11) is 1.95. The van der Waals surface area contributed by atoms with Crippen molar-refractivity contribution in [2.24, 2.45) is 0 Å². The molecule has 3 aromatic rings. The van der Waals surface area contributed by atoms with E-state index in [2.05, 4.69) is 27.8 Å². The molecule has 0 saturated carbocycles. The van der Waals surface area contributed by atoms with Crippen LogP contribution in [0, 0.1) is 24.1 Å². The second-order valence-electron chi connectivity index (χ2n) is 6.24. The lowest BCUT2D eigenvalue weighted by atomic mass is 10.1. The van der Waals surface area contributed by atoms with E-state index in [1.165, 1.54) is 23.5 Å². The molecular formula is C20H19BrFN5S. The molecule has 0 radical (unpaired) electrons. The summed E-state index contributed by atoms with van der Waals surface area (Å²) in [5.41, 5.74) is 2.52. The van der Waals surface area contributed by atoms with Crippen molar-refractivity contribution < 1.29 is 4.39 Å². The number of anilines is 2. The Morgan fingerprint density at radius 2 is 2.18 bits per heavy atom. The smallest absolute Gasteiger partial charge is 0.191 e. The Bertz CT molecular complexity index is 1090. The molecule has 2 heterocycles. The first kappa shape index (κ1) is 20.2. The highest BCUT2D eigenvalue weighted by Gasteiger charge is 2.20. The maximum atomic E-state index is 13.4. The van der Waals surface area contributed by atoms with Gasteiger partial charge in [-0.05, 0) is 38.5 Å². The minimum atomic E-state index is -0.434. The third kappa shape index (κ3) is 3.86. The van der Waals surface area contributed by atoms with Crippen molar-refractivity contribution >= 4 is 44.4 Å². The van der Waals surface area contributed by atoms with Crippen LogP contribution in [0.4, 0.5) is 15.3 Å². The quantitative estimate of drug-likeness (QED) is 0.478. The van der Waals surface area contributed by atoms with Gasteiger partial charge in [0, 0.05) is 28.7 Å². The van der Waals surface area contributed by atoms with Crippen LogP contribution in [-0.4, -0.2) is 21.6 Å². The number of aromatic nitrogens is 3. The van der Waals surface area contributed by atoms with Crippen LogP contribution in [0.3, 0.4) is 0 Å². The molecule has 0 unspecified atom stereocenters. The Labute approximate surface area is 175 Å². The van der Waals surface area contributed by atoms with Crippen molar-refractivity contribution in [2.75, 3.05) is 11.9 Å². The molecular weight excluding hydrogens is 441 g/mol. The van der Waals surface area contributed by atoms with Crippen LogP contribution in [0.15, 0.2) is 28.1 Å². The van der Waals surface area contributed by atoms with Crippen molar-refractivity contribution in [3.63, 3.8) is 0 Å². The Morgan fingerprint density at radius 3 is 2.82 bits per heavy atom. The Morgan fingerprint density at radius 1 is 1.43 bits per heavy atom. The van der Waals surface area contributed by atoms with Gasteiger partial charge in [0.2, 0.25) is 0 Å². The van der Waals surface area contributed by atoms with E-state index in [0.29, 0.717) is 11.3 Å². The molecule has 2 aromatic heterocycles. The molecule has 0 fully saturated rings. The van der Waals surface area contributed by atoms with Gasteiger partial charge in [-0.3, -0.25) is 4.57 Å². The van der Waals surface area contributed by atoms with Crippen LogP contribution in [0.25, 0.3) is 17.5 Å². The molecule has 3 rings (SSSR count). The zero-order valence-corrected chi connectivity index (χ0v) is 18.4. The average Bonchev–Trinajstić information content (AvgIpc) is 3.26. The zero-order valence-electron chi connectivity index (χ0n) is 16.0. The number of aryl methyl sites for hydroxylation is 2. The monoisotopic (exact) mass is 459 g/mol. The maximum Gasteiger partial charge on any atom is 0.191 e. The molecule has 28 heavy (non-hydrogen) atoms. The number of hydrogen-bond acceptors (Lipinski definition) is 5. The molecule has 0 N–H and O–H groups in total. The van der Waals surface area contributed by atoms with Gasteiger partial charge in [0.25, 0.3) is 0 Å². The summed E-state index contributed by atoms with van der Waals surface area (Å²) in [4.78, 5) is 11.4. The van der Waals surface area contributed by atoms with Gasteiger partial charge >= 0.3 is 0 Å². The normalized spacial score (nSPS) is 11.5. The van der Waals surface area contributed by atoms with Gasteiger partial charge in [-0.15, -0.1) is 11.3 Å². The summed E-state index contributed by atoms with van der Waals surface area (Å²) in [6.45, 7) is 6.00. The number of allylic oxidation sites excluding steroid dienone is 1. The number of benzene rings is 1. The minimum absolute atomic E-state index is 0.271. The highest BCUT2D eigenvalue weighted by Crippen LogP contribution is 2.35. The van der Waals surface area contributed by atoms with Crippen molar-refractivity contribution in [1.29, 1.82) is 5.26 Å². The number of imidazole rings is 1. The average molecular weight is 460 g/mol. The molecule has 0 bridgehead atoms. The molecule has 5 nitrogen and oxygen atoms in total. The van der Waals surface area contributed by atoms with Gasteiger partial charge in [-0.1, -0.05) is 22.9 Å². The lowest BCUT2D eigenvalue weighted by molar-refractivity contribution is 0.627. The number of thiazole rings is 1. The van der Waals surface area contributed by atoms with E-state index in [4.69, 9.17) is 4.98 Å². The van der Waals surface area contributed by atoms with E-state index < -0.39 is 5.82 Å². The van der Waals surface area contributed by atoms with Crippen LogP contribution in [0.5, 0.6) is 0 Å². The van der Waals surface area contributed by atoms with E-state index in [1.807, 2.05) is 48.0 Å². The fourth-order valence-electron chi connectivity index (χ4n) is 2.98. The topological polar surface area (TPSA) is 57.7 Å². The third-order valence-electron chi connectivity index (χ3n) is 4.25. The lowest BCUT2D eigenvalue weighted by Crippen LogP contribution is -2.14. The van der Waals surface area contributed by atoms with Gasteiger partial charge in [0.1, 0.15) is 17.5 Å². The van der Waals surface area contributed by atoms with Crippen molar-refractivity contribution in [3.8, 4) is 17.3 Å². The predicted octanol–water partition coefficient (Wildman–Crippen LogP) is 5.87. The molecule has 1 aromatic carbocycles. The number of nitrogens with zero attached hydrogens (tertiary/aromatic N) is 5. The molecule has 144 valence electrons. The summed E-state index contributed by atoms with van der Waals surface area (Å²) < 4.78 is 16.5. The first-order valence-electron chi connectivity index (χ1n) is 8.66. The summed E-state index contributed by atoms with van der Waals surface area (Å²) in [5.74, 6) is 1.40. The number of rotatable bonds is 5. The molecule has 0 aliphatic carbocycles. The van der Waals surface area contributed by atoms with Crippen molar-refractivity contribution in [1.82, 2.24) is 14.5 Å². The molecule has 0 saturated heterocycles. The summed E-state index contributed by atoms with van der Waals surface area (Å²) in [6, 6.07) is 6.21. The number of hydrogen-bond donors (Lipinski definition) is 0. The third-order valence-corrected chi connectivity index (χ3v) is 5.37. The highest BCUT2D eigenvalue weighted by atomic mass is 79.9. The minimum Gasteiger partial charge on any atom is -0.305 e. The van der Waals surface area contributed by atoms with Gasteiger partial charge in [0.05, 0.1) is 23.0 Å². The van der Waals surface area contributed by atoms with Crippen molar-refractivity contribution in [3.05, 3.63) is 51.0 Å². The molecule has 0 atom stereocenters. The molecule has 0 aliphatic rings. The first-order chi connectivity index (χ1) is 13.3. The van der Waals surface area contributed by atoms with E-state index in [9.17, 15) is 9.65 Å². The van der Waals surface area contributed by atoms with E-state index >= 15 is 0 Å². The van der Waals surface area contributed by atoms with Crippen LogP contribution in [-0.2, 0) is 6.42 Å². The Balaban J connectivity index is 2.06. The van der Waals surface area contributed by atoms with Gasteiger partial charge < -0.3 is 4.90 Å². The van der Waals surface area contributed by atoms with Crippen LogP contribution >= 0.6 is 27.3 Å². The highest BCUT2D eigenvalue weighted by molar-refractivity contribution is 9.11. The maximum absolute atomic E-state index is 13.4. The van der Waals surface area contributed by atoms with Gasteiger partial charge in [-0.25, -0.2) is 14.4 Å². The molecule has 0 amide bonds. The van der Waals surface area contributed by atoms with Gasteiger partial charge in [0.15, 0.2) is 5.13 Å². The van der Waals surface area contributed by atoms with Crippen LogP contribution in [0.2, 0.25) is 0 Å². The number of nitriles is 1. The van der Waals surface area contributed by atoms with Gasteiger partial charge in [-0.2, -0.15) is 5.26 Å². The zero-order chi connectivity index (χ0) is 20.4. The summed E-state index contributed by atoms with van der Waals surface area (Å²) >= 11 is 4.96. The number of halogens is 2. The lowest BCUT2D eigenvalue weighted by Gasteiger charge is -2.18. The van der Waals surface area contributed by atoms with E-state index in [0.717, 1.165) is 33.4 Å². The van der Waals surface area contributed by atoms with E-state index in [1.54, 1.807) is 6.07 Å².